The first-order chi connectivity index (χ1) is 8.40. The van der Waals surface area contributed by atoms with E-state index in [-0.39, 0.29) is 25.1 Å². The van der Waals surface area contributed by atoms with Crippen molar-refractivity contribution >= 4 is 15.9 Å². The largest absolute Gasteiger partial charge is 1.00 e. The SMILES string of the molecule is CC(C)NCC(O)COc1c(F)cc(Br)cc1F.[Cl-]. The lowest BCUT2D eigenvalue weighted by Gasteiger charge is -2.15. The van der Waals surface area contributed by atoms with E-state index in [1.807, 2.05) is 13.8 Å². The number of halogens is 4. The maximum Gasteiger partial charge on any atom is 0.190 e. The molecule has 0 aliphatic heterocycles. The number of hydrogen-bond acceptors (Lipinski definition) is 3. The molecule has 1 rings (SSSR count). The van der Waals surface area contributed by atoms with Gasteiger partial charge < -0.3 is 27.6 Å². The van der Waals surface area contributed by atoms with Gasteiger partial charge >= 0.3 is 0 Å². The van der Waals surface area contributed by atoms with Crippen LogP contribution >= 0.6 is 15.9 Å². The first kappa shape index (κ1) is 18.6. The molecule has 0 saturated heterocycles. The Kier molecular flexibility index (Phi) is 8.49. The molecular formula is C12H16BrClF2NO2-. The van der Waals surface area contributed by atoms with E-state index in [2.05, 4.69) is 21.2 Å². The summed E-state index contributed by atoms with van der Waals surface area (Å²) in [6, 6.07) is 2.44. The van der Waals surface area contributed by atoms with Gasteiger partial charge in [-0.15, -0.1) is 0 Å². The summed E-state index contributed by atoms with van der Waals surface area (Å²) in [5.41, 5.74) is 0. The van der Waals surface area contributed by atoms with Gasteiger partial charge in [0.05, 0.1) is 0 Å². The van der Waals surface area contributed by atoms with Gasteiger partial charge in [-0.3, -0.25) is 0 Å². The summed E-state index contributed by atoms with van der Waals surface area (Å²) in [6.45, 7) is 4.00. The van der Waals surface area contributed by atoms with Crippen molar-refractivity contribution in [3.63, 3.8) is 0 Å². The van der Waals surface area contributed by atoms with Crippen molar-refractivity contribution < 1.29 is 31.0 Å². The zero-order valence-corrected chi connectivity index (χ0v) is 12.9. The minimum absolute atomic E-state index is 0. The van der Waals surface area contributed by atoms with Crippen LogP contribution in [0.5, 0.6) is 5.75 Å². The summed E-state index contributed by atoms with van der Waals surface area (Å²) >= 11 is 2.97. The fourth-order valence-electron chi connectivity index (χ4n) is 1.28. The number of aliphatic hydroxyl groups excluding tert-OH is 1. The molecule has 7 heteroatoms. The summed E-state index contributed by atoms with van der Waals surface area (Å²) in [6.07, 6.45) is -0.824. The number of ether oxygens (including phenoxy) is 1. The average Bonchev–Trinajstić information content (AvgIpc) is 2.24. The van der Waals surface area contributed by atoms with Crippen LogP contribution in [0, 0.1) is 11.6 Å². The quantitative estimate of drug-likeness (QED) is 0.717. The van der Waals surface area contributed by atoms with Crippen LogP contribution in [0.25, 0.3) is 0 Å². The van der Waals surface area contributed by atoms with Crippen LogP contribution in [0.15, 0.2) is 16.6 Å². The second-order valence-electron chi connectivity index (χ2n) is 4.23. The Balaban J connectivity index is 0.00000324. The standard InChI is InChI=1S/C12H16BrF2NO2.ClH/c1-7(2)16-5-9(17)6-18-12-10(14)3-8(13)4-11(12)15;/h3-4,7,9,16-17H,5-6H2,1-2H3;1H/p-1. The number of hydrogen-bond donors (Lipinski definition) is 2. The van der Waals surface area contributed by atoms with E-state index >= 15 is 0 Å². The van der Waals surface area contributed by atoms with Gasteiger partial charge in [0, 0.05) is 17.1 Å². The fraction of sp³-hybridized carbons (Fsp3) is 0.500. The third-order valence-corrected chi connectivity index (χ3v) is 2.60. The van der Waals surface area contributed by atoms with Crippen molar-refractivity contribution in [1.29, 1.82) is 0 Å². The van der Waals surface area contributed by atoms with Gasteiger partial charge in [-0.2, -0.15) is 0 Å². The average molecular weight is 360 g/mol. The molecule has 0 heterocycles. The molecule has 1 unspecified atom stereocenters. The Bertz CT molecular complexity index is 384. The fourth-order valence-corrected chi connectivity index (χ4v) is 1.68. The molecule has 2 N–H and O–H groups in total. The summed E-state index contributed by atoms with van der Waals surface area (Å²) in [5, 5.41) is 12.5. The molecule has 0 radical (unpaired) electrons. The molecule has 0 amide bonds. The van der Waals surface area contributed by atoms with Crippen LogP contribution in [0.1, 0.15) is 13.8 Å². The predicted octanol–water partition coefficient (Wildman–Crippen LogP) is -0.531. The molecule has 1 aromatic carbocycles. The first-order valence-electron chi connectivity index (χ1n) is 5.59. The van der Waals surface area contributed by atoms with E-state index in [0.29, 0.717) is 11.0 Å². The Hall–Kier alpha value is -0.430. The molecule has 3 nitrogen and oxygen atoms in total. The zero-order chi connectivity index (χ0) is 13.7. The first-order valence-corrected chi connectivity index (χ1v) is 6.38. The van der Waals surface area contributed by atoms with Crippen LogP contribution in [0.2, 0.25) is 0 Å². The van der Waals surface area contributed by atoms with Crippen molar-refractivity contribution in [3.05, 3.63) is 28.2 Å². The highest BCUT2D eigenvalue weighted by molar-refractivity contribution is 9.10. The van der Waals surface area contributed by atoms with Crippen molar-refractivity contribution in [2.75, 3.05) is 13.2 Å². The van der Waals surface area contributed by atoms with Crippen molar-refractivity contribution in [2.24, 2.45) is 0 Å². The second kappa shape index (κ2) is 8.68. The van der Waals surface area contributed by atoms with Crippen LogP contribution < -0.4 is 22.5 Å². The van der Waals surface area contributed by atoms with Gasteiger partial charge in [-0.05, 0) is 12.1 Å². The molecule has 110 valence electrons. The molecule has 1 atom stereocenters. The molecule has 0 aliphatic carbocycles. The Morgan fingerprint density at radius 2 is 1.84 bits per heavy atom. The van der Waals surface area contributed by atoms with Crippen molar-refractivity contribution in [1.82, 2.24) is 5.32 Å². The minimum atomic E-state index is -0.824. The maximum absolute atomic E-state index is 13.4. The lowest BCUT2D eigenvalue weighted by atomic mass is 10.3. The molecule has 0 saturated carbocycles. The number of aliphatic hydroxyl groups is 1. The van der Waals surface area contributed by atoms with Crippen LogP contribution in [-0.2, 0) is 0 Å². The van der Waals surface area contributed by atoms with Gasteiger partial charge in [0.25, 0.3) is 0 Å². The maximum atomic E-state index is 13.4. The highest BCUT2D eigenvalue weighted by Crippen LogP contribution is 2.25. The molecule has 0 aromatic heterocycles. The minimum Gasteiger partial charge on any atom is -1.00 e. The predicted molar refractivity (Wildman–Crippen MR) is 68.7 cm³/mol. The Morgan fingerprint density at radius 3 is 2.32 bits per heavy atom. The van der Waals surface area contributed by atoms with Gasteiger partial charge in [0.1, 0.15) is 12.7 Å². The van der Waals surface area contributed by atoms with Crippen LogP contribution in [0.4, 0.5) is 8.78 Å². The summed E-state index contributed by atoms with van der Waals surface area (Å²) in [7, 11) is 0. The van der Waals surface area contributed by atoms with E-state index < -0.39 is 23.5 Å². The second-order valence-corrected chi connectivity index (χ2v) is 5.14. The molecule has 0 spiro atoms. The van der Waals surface area contributed by atoms with Gasteiger partial charge in [-0.1, -0.05) is 29.8 Å². The number of rotatable bonds is 6. The Morgan fingerprint density at radius 1 is 1.32 bits per heavy atom. The summed E-state index contributed by atoms with van der Waals surface area (Å²) in [5.74, 6) is -2.07. The molecule has 0 bridgehead atoms. The summed E-state index contributed by atoms with van der Waals surface area (Å²) in [4.78, 5) is 0. The van der Waals surface area contributed by atoms with Crippen LogP contribution in [-0.4, -0.2) is 30.4 Å². The molecule has 1 aromatic rings. The molecule has 0 fully saturated rings. The lowest BCUT2D eigenvalue weighted by Crippen LogP contribution is -3.00. The summed E-state index contributed by atoms with van der Waals surface area (Å²) < 4.78 is 32.0. The Labute approximate surface area is 125 Å². The van der Waals surface area contributed by atoms with E-state index in [1.165, 1.54) is 0 Å². The van der Waals surface area contributed by atoms with Crippen molar-refractivity contribution in [3.8, 4) is 5.75 Å². The van der Waals surface area contributed by atoms with Gasteiger partial charge in [0.15, 0.2) is 17.4 Å². The number of nitrogens with one attached hydrogen (secondary N) is 1. The smallest absolute Gasteiger partial charge is 0.190 e. The molecule has 19 heavy (non-hydrogen) atoms. The van der Waals surface area contributed by atoms with Crippen molar-refractivity contribution in [2.45, 2.75) is 26.0 Å². The highest BCUT2D eigenvalue weighted by atomic mass is 79.9. The topological polar surface area (TPSA) is 41.5 Å². The lowest BCUT2D eigenvalue weighted by molar-refractivity contribution is -0.00000684. The molecule has 0 aliphatic rings. The van der Waals surface area contributed by atoms with Gasteiger partial charge in [-0.25, -0.2) is 8.78 Å². The van der Waals surface area contributed by atoms with Gasteiger partial charge in [0.2, 0.25) is 0 Å². The van der Waals surface area contributed by atoms with E-state index in [1.54, 1.807) is 0 Å². The highest BCUT2D eigenvalue weighted by Gasteiger charge is 2.14. The molecular weight excluding hydrogens is 343 g/mol. The van der Waals surface area contributed by atoms with E-state index in [0.717, 1.165) is 12.1 Å². The zero-order valence-electron chi connectivity index (χ0n) is 10.6. The monoisotopic (exact) mass is 358 g/mol. The van der Waals surface area contributed by atoms with E-state index in [9.17, 15) is 13.9 Å². The number of benzene rings is 1. The third-order valence-electron chi connectivity index (χ3n) is 2.14. The van der Waals surface area contributed by atoms with Crippen LogP contribution in [0.3, 0.4) is 0 Å². The third kappa shape index (κ3) is 6.51. The van der Waals surface area contributed by atoms with E-state index in [4.69, 9.17) is 4.74 Å². The normalized spacial score (nSPS) is 12.2.